The maximum absolute atomic E-state index is 13.8. The molecule has 2 aromatic carbocycles. The fourth-order valence-corrected chi connectivity index (χ4v) is 12.5. The first-order valence-corrected chi connectivity index (χ1v) is 20.2. The van der Waals surface area contributed by atoms with Crippen LogP contribution in [-0.2, 0) is 38.3 Å². The average Bonchev–Trinajstić information content (AvgIpc) is 3.63. The number of likely N-dealkylation sites (N-methyl/N-ethyl adjacent to an activating group) is 1. The number of rotatable bonds is 7. The molecule has 6 heterocycles. The quantitative estimate of drug-likeness (QED) is 0.202. The number of nitrogens with one attached hydrogen (secondary N) is 2. The summed E-state index contributed by atoms with van der Waals surface area (Å²) in [6.07, 6.45) is 7.50. The van der Waals surface area contributed by atoms with Gasteiger partial charge in [-0.1, -0.05) is 44.9 Å². The van der Waals surface area contributed by atoms with E-state index in [0.29, 0.717) is 42.2 Å². The SMILES string of the molecule is CCC1CN(C)C2Cc3c([nH]c4ccccc34)C(c3cc4[nH]c5c(c4cc3OC)CCN3C(C5)C(CC)C4CC3C4CC(=O)OC)CC1C2C(=O)OC. The predicted octanol–water partition coefficient (Wildman–Crippen LogP) is 6.86. The summed E-state index contributed by atoms with van der Waals surface area (Å²) in [7, 11) is 7.07. The maximum atomic E-state index is 13.8. The number of benzene rings is 2. The van der Waals surface area contributed by atoms with Crippen LogP contribution in [0.2, 0.25) is 0 Å². The molecule has 4 fully saturated rings. The number of fused-ring (bicyclic) bond motifs is 8. The summed E-state index contributed by atoms with van der Waals surface area (Å²) in [5.41, 5.74) is 8.83. The Balaban J connectivity index is 1.14. The molecule has 9 nitrogen and oxygen atoms in total. The van der Waals surface area contributed by atoms with Crippen LogP contribution in [-0.4, -0.2) is 91.3 Å². The molecule has 4 aromatic rings. The minimum absolute atomic E-state index is 0.0209. The third-order valence-corrected chi connectivity index (χ3v) is 15.0. The number of likely N-dealkylation sites (tertiary alicyclic amines) is 1. The molecule has 0 amide bonds. The number of aromatic amines is 2. The van der Waals surface area contributed by atoms with Crippen LogP contribution in [0, 0.1) is 35.5 Å². The molecule has 0 radical (unpaired) electrons. The number of aromatic nitrogens is 2. The number of hydrogen-bond acceptors (Lipinski definition) is 7. The number of para-hydroxylation sites is 1. The number of methoxy groups -OCH3 is 3. The van der Waals surface area contributed by atoms with Gasteiger partial charge >= 0.3 is 11.9 Å². The van der Waals surface area contributed by atoms with Crippen LogP contribution in [0.1, 0.15) is 79.9 Å². The molecule has 53 heavy (non-hydrogen) atoms. The van der Waals surface area contributed by atoms with Gasteiger partial charge in [0.15, 0.2) is 0 Å². The van der Waals surface area contributed by atoms with Crippen molar-refractivity contribution in [1.29, 1.82) is 0 Å². The zero-order valence-electron chi connectivity index (χ0n) is 32.2. The van der Waals surface area contributed by atoms with Crippen molar-refractivity contribution in [1.82, 2.24) is 19.8 Å². The lowest BCUT2D eigenvalue weighted by Crippen LogP contribution is -2.67. The smallest absolute Gasteiger partial charge is 0.310 e. The van der Waals surface area contributed by atoms with Gasteiger partial charge in [-0.15, -0.1) is 0 Å². The van der Waals surface area contributed by atoms with Gasteiger partial charge in [0.05, 0.1) is 33.7 Å². The molecule has 2 aromatic heterocycles. The van der Waals surface area contributed by atoms with Gasteiger partial charge in [0.25, 0.3) is 0 Å². The maximum Gasteiger partial charge on any atom is 0.310 e. The summed E-state index contributed by atoms with van der Waals surface area (Å²) < 4.78 is 17.1. The van der Waals surface area contributed by atoms with Gasteiger partial charge in [-0.05, 0) is 91.6 Å². The third kappa shape index (κ3) is 5.38. The summed E-state index contributed by atoms with van der Waals surface area (Å²) in [6, 6.07) is 14.3. The van der Waals surface area contributed by atoms with Crippen molar-refractivity contribution in [3.63, 3.8) is 0 Å². The van der Waals surface area contributed by atoms with Crippen LogP contribution in [0.15, 0.2) is 36.4 Å². The summed E-state index contributed by atoms with van der Waals surface area (Å²) >= 11 is 0. The number of carbonyl (C=O) groups excluding carboxylic acids is 2. The molecule has 2 aliphatic carbocycles. The van der Waals surface area contributed by atoms with Crippen molar-refractivity contribution in [3.05, 3.63) is 64.5 Å². The third-order valence-electron chi connectivity index (χ3n) is 15.0. The second-order valence-corrected chi connectivity index (χ2v) is 16.9. The van der Waals surface area contributed by atoms with E-state index >= 15 is 0 Å². The second-order valence-electron chi connectivity index (χ2n) is 16.9. The molecule has 3 saturated heterocycles. The number of ether oxygens (including phenoxy) is 3. The Kier molecular flexibility index (Phi) is 8.88. The molecule has 1 saturated carbocycles. The fourth-order valence-electron chi connectivity index (χ4n) is 12.5. The number of nitrogens with zero attached hydrogens (tertiary/aromatic N) is 2. The number of hydrogen-bond donors (Lipinski definition) is 2. The van der Waals surface area contributed by atoms with E-state index in [0.717, 1.165) is 62.9 Å². The summed E-state index contributed by atoms with van der Waals surface area (Å²) in [5.74, 6) is 2.70. The van der Waals surface area contributed by atoms with Crippen molar-refractivity contribution < 1.29 is 23.8 Å². The molecule has 10 unspecified atom stereocenters. The lowest BCUT2D eigenvalue weighted by molar-refractivity contribution is -0.159. The first kappa shape index (κ1) is 34.9. The van der Waals surface area contributed by atoms with E-state index in [1.54, 1.807) is 7.11 Å². The van der Waals surface area contributed by atoms with Gasteiger partial charge in [-0.3, -0.25) is 14.5 Å². The molecule has 4 aliphatic heterocycles. The fraction of sp³-hybridized carbons (Fsp3) is 0.591. The van der Waals surface area contributed by atoms with Crippen LogP contribution in [0.25, 0.3) is 21.8 Å². The first-order chi connectivity index (χ1) is 25.8. The molecule has 10 rings (SSSR count). The van der Waals surface area contributed by atoms with E-state index in [9.17, 15) is 9.59 Å². The van der Waals surface area contributed by atoms with Crippen molar-refractivity contribution in [2.45, 2.75) is 89.3 Å². The highest BCUT2D eigenvalue weighted by atomic mass is 16.5. The Morgan fingerprint density at radius 2 is 1.68 bits per heavy atom. The normalized spacial score (nSPS) is 32.4. The molecule has 9 heteroatoms. The van der Waals surface area contributed by atoms with Crippen LogP contribution in [0.4, 0.5) is 0 Å². The van der Waals surface area contributed by atoms with Gasteiger partial charge in [-0.25, -0.2) is 0 Å². The van der Waals surface area contributed by atoms with Crippen molar-refractivity contribution in [2.75, 3.05) is 41.5 Å². The van der Waals surface area contributed by atoms with E-state index in [1.165, 1.54) is 57.9 Å². The largest absolute Gasteiger partial charge is 0.496 e. The predicted molar refractivity (Wildman–Crippen MR) is 206 cm³/mol. The monoisotopic (exact) mass is 720 g/mol. The zero-order valence-corrected chi connectivity index (χ0v) is 32.2. The Labute approximate surface area is 313 Å². The van der Waals surface area contributed by atoms with Crippen molar-refractivity contribution in [2.24, 2.45) is 35.5 Å². The standard InChI is InChI=1S/C44H56N4O5/c1-7-23-22-47(3)39-18-33-25-11-9-10-12-34(25)46-43(33)32(15-27(23)42(39)44(50)53-6)31-16-35-29(19-40(31)51-4)26-13-14-48-37-17-28(30(37)20-41(49)52-5)24(8-2)38(48)21-36(26)45-35/h9-12,16,19,23-24,27-28,30,32,37-39,42,45-46H,7-8,13-15,17-18,20-22H2,1-6H3. The van der Waals surface area contributed by atoms with Gasteiger partial charge in [-0.2, -0.15) is 0 Å². The van der Waals surface area contributed by atoms with Gasteiger partial charge in [0, 0.05) is 82.3 Å². The van der Waals surface area contributed by atoms with Crippen molar-refractivity contribution >= 4 is 33.7 Å². The summed E-state index contributed by atoms with van der Waals surface area (Å²) in [6.45, 7) is 6.59. The highest BCUT2D eigenvalue weighted by molar-refractivity contribution is 5.89. The van der Waals surface area contributed by atoms with Crippen LogP contribution in [0.3, 0.4) is 0 Å². The number of piperidine rings is 3. The van der Waals surface area contributed by atoms with Crippen LogP contribution >= 0.6 is 0 Å². The molecule has 282 valence electrons. The summed E-state index contributed by atoms with van der Waals surface area (Å²) in [4.78, 5) is 39.3. The molecule has 0 spiro atoms. The molecular weight excluding hydrogens is 665 g/mol. The highest BCUT2D eigenvalue weighted by Gasteiger charge is 2.57. The molecular formula is C44H56N4O5. The van der Waals surface area contributed by atoms with E-state index < -0.39 is 0 Å². The Hall–Kier alpha value is -3.82. The average molecular weight is 721 g/mol. The van der Waals surface area contributed by atoms with Crippen molar-refractivity contribution in [3.8, 4) is 5.75 Å². The van der Waals surface area contributed by atoms with Gasteiger partial charge < -0.3 is 29.1 Å². The van der Waals surface area contributed by atoms with Gasteiger partial charge in [0.2, 0.25) is 0 Å². The molecule has 10 atom stereocenters. The number of carbonyl (C=O) groups is 2. The molecule has 6 aliphatic rings. The van der Waals surface area contributed by atoms with Crippen LogP contribution in [0.5, 0.6) is 5.75 Å². The number of H-pyrrole nitrogens is 2. The molecule has 4 bridgehead atoms. The van der Waals surface area contributed by atoms with E-state index in [-0.39, 0.29) is 35.7 Å². The first-order valence-electron chi connectivity index (χ1n) is 20.2. The Morgan fingerprint density at radius 3 is 2.43 bits per heavy atom. The Bertz CT molecular complexity index is 2050. The second kappa shape index (κ2) is 13.5. The molecule has 2 N–H and O–H groups in total. The zero-order chi connectivity index (χ0) is 36.7. The summed E-state index contributed by atoms with van der Waals surface area (Å²) in [5, 5.41) is 2.49. The van der Waals surface area contributed by atoms with E-state index in [1.807, 2.05) is 7.11 Å². The van der Waals surface area contributed by atoms with E-state index in [4.69, 9.17) is 14.2 Å². The lowest BCUT2D eigenvalue weighted by Gasteiger charge is -2.62. The number of esters is 2. The topological polar surface area (TPSA) is 99.9 Å². The van der Waals surface area contributed by atoms with Gasteiger partial charge in [0.1, 0.15) is 5.75 Å². The Morgan fingerprint density at radius 1 is 0.849 bits per heavy atom. The highest BCUT2D eigenvalue weighted by Crippen LogP contribution is 2.55. The van der Waals surface area contributed by atoms with E-state index in [2.05, 4.69) is 77.1 Å². The minimum Gasteiger partial charge on any atom is -0.496 e. The lowest BCUT2D eigenvalue weighted by atomic mass is 9.55. The minimum atomic E-state index is -0.201. The van der Waals surface area contributed by atoms with Crippen LogP contribution < -0.4 is 4.74 Å².